The lowest BCUT2D eigenvalue weighted by molar-refractivity contribution is -0.384. The van der Waals surface area contributed by atoms with Crippen molar-refractivity contribution in [3.05, 3.63) is 76.0 Å². The van der Waals surface area contributed by atoms with E-state index in [2.05, 4.69) is 15.6 Å². The molecule has 0 unspecified atom stereocenters. The number of hydrazone groups is 1. The van der Waals surface area contributed by atoms with Crippen molar-refractivity contribution in [3.8, 4) is 11.4 Å². The summed E-state index contributed by atoms with van der Waals surface area (Å²) >= 11 is 0. The molecule has 0 spiro atoms. The molecule has 0 saturated carbocycles. The van der Waals surface area contributed by atoms with Gasteiger partial charge in [0.05, 0.1) is 16.8 Å². The minimum absolute atomic E-state index is 0.0651. The van der Waals surface area contributed by atoms with Crippen molar-refractivity contribution >= 4 is 17.7 Å². The number of rotatable bonds is 5. The number of hydrogen-bond acceptors (Lipinski definition) is 6. The Hall–Kier alpha value is -3.68. The van der Waals surface area contributed by atoms with Crippen LogP contribution in [0.15, 0.2) is 59.7 Å². The highest BCUT2D eigenvalue weighted by molar-refractivity contribution is 5.84. The van der Waals surface area contributed by atoms with E-state index in [-0.39, 0.29) is 22.9 Å². The number of nitrogens with one attached hydrogen (secondary N) is 1. The predicted molar refractivity (Wildman–Crippen MR) is 94.3 cm³/mol. The van der Waals surface area contributed by atoms with Crippen LogP contribution in [0.25, 0.3) is 5.69 Å². The molecule has 8 heteroatoms. The Morgan fingerprint density at radius 3 is 2.56 bits per heavy atom. The number of para-hydroxylation sites is 2. The molecule has 3 rings (SSSR count). The van der Waals surface area contributed by atoms with E-state index >= 15 is 0 Å². The Morgan fingerprint density at radius 2 is 1.88 bits per heavy atom. The molecule has 0 aliphatic carbocycles. The van der Waals surface area contributed by atoms with Gasteiger partial charge in [0.1, 0.15) is 11.4 Å². The molecular formula is C17H15N5O3. The molecule has 0 amide bonds. The summed E-state index contributed by atoms with van der Waals surface area (Å²) < 4.78 is 1.43. The Balaban J connectivity index is 1.99. The van der Waals surface area contributed by atoms with Gasteiger partial charge in [-0.15, -0.1) is 0 Å². The number of aromatic nitrogens is 2. The summed E-state index contributed by atoms with van der Waals surface area (Å²) in [6.07, 6.45) is 1.39. The normalized spacial score (nSPS) is 10.9. The first kappa shape index (κ1) is 16.2. The molecule has 0 bridgehead atoms. The van der Waals surface area contributed by atoms with Crippen molar-refractivity contribution in [3.63, 3.8) is 0 Å². The molecule has 3 aromatic rings. The van der Waals surface area contributed by atoms with Gasteiger partial charge in [0.15, 0.2) is 0 Å². The van der Waals surface area contributed by atoms with Gasteiger partial charge in [0.25, 0.3) is 0 Å². The number of phenolic OH excluding ortho intramolecular Hbond substituents is 1. The standard InChI is InChI=1S/C17H15N5O3/c1-12-16(22(24)25)17(21(20-12)14-8-3-2-4-9-14)19-18-11-13-7-5-6-10-15(13)23/h2-11,19,23H,1H3/b18-11+. The zero-order chi connectivity index (χ0) is 17.8. The van der Waals surface area contributed by atoms with E-state index in [4.69, 9.17) is 0 Å². The van der Waals surface area contributed by atoms with Crippen molar-refractivity contribution in [1.29, 1.82) is 0 Å². The Labute approximate surface area is 143 Å². The maximum Gasteiger partial charge on any atom is 0.335 e. The van der Waals surface area contributed by atoms with Gasteiger partial charge in [-0.3, -0.25) is 15.5 Å². The van der Waals surface area contributed by atoms with E-state index in [1.54, 1.807) is 37.3 Å². The molecule has 0 aliphatic rings. The quantitative estimate of drug-likeness (QED) is 0.422. The van der Waals surface area contributed by atoms with Gasteiger partial charge in [-0.25, -0.2) is 4.68 Å². The third kappa shape index (κ3) is 3.32. The molecule has 0 radical (unpaired) electrons. The van der Waals surface area contributed by atoms with Crippen LogP contribution in [0.1, 0.15) is 11.3 Å². The summed E-state index contributed by atoms with van der Waals surface area (Å²) in [7, 11) is 0. The van der Waals surface area contributed by atoms with Crippen LogP contribution >= 0.6 is 0 Å². The Morgan fingerprint density at radius 1 is 1.20 bits per heavy atom. The highest BCUT2D eigenvalue weighted by Crippen LogP contribution is 2.30. The van der Waals surface area contributed by atoms with Gasteiger partial charge in [-0.05, 0) is 31.2 Å². The zero-order valence-electron chi connectivity index (χ0n) is 13.3. The second kappa shape index (κ2) is 6.83. The lowest BCUT2D eigenvalue weighted by atomic mass is 10.2. The number of nitrogens with zero attached hydrogens (tertiary/aromatic N) is 4. The van der Waals surface area contributed by atoms with E-state index in [1.807, 2.05) is 18.2 Å². The number of aromatic hydroxyl groups is 1. The third-order valence-corrected chi connectivity index (χ3v) is 3.52. The van der Waals surface area contributed by atoms with Gasteiger partial charge in [-0.1, -0.05) is 30.3 Å². The third-order valence-electron chi connectivity index (χ3n) is 3.52. The topological polar surface area (TPSA) is 106 Å². The van der Waals surface area contributed by atoms with Crippen LogP contribution in [0.5, 0.6) is 5.75 Å². The average Bonchev–Trinajstić information content (AvgIpc) is 2.94. The van der Waals surface area contributed by atoms with Gasteiger partial charge in [0.2, 0.25) is 5.82 Å². The molecular weight excluding hydrogens is 322 g/mol. The number of hydrogen-bond donors (Lipinski definition) is 2. The molecule has 0 aliphatic heterocycles. The van der Waals surface area contributed by atoms with Crippen molar-refractivity contribution < 1.29 is 10.0 Å². The molecule has 0 fully saturated rings. The summed E-state index contributed by atoms with van der Waals surface area (Å²) in [5.41, 5.74) is 3.95. The minimum Gasteiger partial charge on any atom is -0.507 e. The first-order valence-corrected chi connectivity index (χ1v) is 7.44. The SMILES string of the molecule is Cc1nn(-c2ccccc2)c(N/N=C/c2ccccc2O)c1[N+](=O)[O-]. The molecule has 1 heterocycles. The number of nitro groups is 1. The van der Waals surface area contributed by atoms with Crippen LogP contribution in [-0.2, 0) is 0 Å². The number of benzene rings is 2. The highest BCUT2D eigenvalue weighted by atomic mass is 16.6. The largest absolute Gasteiger partial charge is 0.507 e. The van der Waals surface area contributed by atoms with Crippen molar-refractivity contribution in [2.75, 3.05) is 5.43 Å². The average molecular weight is 337 g/mol. The molecule has 0 saturated heterocycles. The summed E-state index contributed by atoms with van der Waals surface area (Å²) in [5, 5.41) is 29.4. The van der Waals surface area contributed by atoms with E-state index in [9.17, 15) is 15.2 Å². The molecule has 2 N–H and O–H groups in total. The van der Waals surface area contributed by atoms with Gasteiger partial charge in [0, 0.05) is 5.56 Å². The first-order valence-electron chi connectivity index (χ1n) is 7.44. The Bertz CT molecular complexity index is 935. The zero-order valence-corrected chi connectivity index (χ0v) is 13.3. The maximum absolute atomic E-state index is 11.4. The highest BCUT2D eigenvalue weighted by Gasteiger charge is 2.26. The fourth-order valence-corrected chi connectivity index (χ4v) is 2.35. The molecule has 0 atom stereocenters. The lowest BCUT2D eigenvalue weighted by Gasteiger charge is -2.05. The number of aryl methyl sites for hydroxylation is 1. The van der Waals surface area contributed by atoms with Crippen LogP contribution in [-0.4, -0.2) is 26.0 Å². The fourth-order valence-electron chi connectivity index (χ4n) is 2.35. The summed E-state index contributed by atoms with van der Waals surface area (Å²) in [4.78, 5) is 10.9. The van der Waals surface area contributed by atoms with Crippen LogP contribution in [0, 0.1) is 17.0 Å². The molecule has 126 valence electrons. The van der Waals surface area contributed by atoms with Crippen molar-refractivity contribution in [1.82, 2.24) is 9.78 Å². The molecule has 2 aromatic carbocycles. The summed E-state index contributed by atoms with van der Waals surface area (Å²) in [6.45, 7) is 1.56. The molecule has 1 aromatic heterocycles. The van der Waals surface area contributed by atoms with E-state index < -0.39 is 4.92 Å². The monoisotopic (exact) mass is 337 g/mol. The van der Waals surface area contributed by atoms with Crippen LogP contribution in [0.4, 0.5) is 11.5 Å². The van der Waals surface area contributed by atoms with Crippen molar-refractivity contribution in [2.24, 2.45) is 5.10 Å². The molecule has 25 heavy (non-hydrogen) atoms. The van der Waals surface area contributed by atoms with Gasteiger partial charge < -0.3 is 5.11 Å². The van der Waals surface area contributed by atoms with Crippen LogP contribution in [0.2, 0.25) is 0 Å². The summed E-state index contributed by atoms with van der Waals surface area (Å²) in [5.74, 6) is 0.204. The predicted octanol–water partition coefficient (Wildman–Crippen LogP) is 3.24. The van der Waals surface area contributed by atoms with Crippen LogP contribution in [0.3, 0.4) is 0 Å². The summed E-state index contributed by atoms with van der Waals surface area (Å²) in [6, 6.07) is 15.7. The molecule has 8 nitrogen and oxygen atoms in total. The number of anilines is 1. The minimum atomic E-state index is -0.500. The van der Waals surface area contributed by atoms with Crippen molar-refractivity contribution in [2.45, 2.75) is 6.92 Å². The number of phenols is 1. The fraction of sp³-hybridized carbons (Fsp3) is 0.0588. The van der Waals surface area contributed by atoms with Gasteiger partial charge >= 0.3 is 5.69 Å². The van der Waals surface area contributed by atoms with E-state index in [1.165, 1.54) is 17.0 Å². The maximum atomic E-state index is 11.4. The first-order chi connectivity index (χ1) is 12.1. The second-order valence-corrected chi connectivity index (χ2v) is 5.22. The van der Waals surface area contributed by atoms with Crippen LogP contribution < -0.4 is 5.43 Å². The van der Waals surface area contributed by atoms with E-state index in [0.29, 0.717) is 11.3 Å². The smallest absolute Gasteiger partial charge is 0.335 e. The second-order valence-electron chi connectivity index (χ2n) is 5.22. The lowest BCUT2D eigenvalue weighted by Crippen LogP contribution is -2.03. The van der Waals surface area contributed by atoms with E-state index in [0.717, 1.165) is 0 Å². The van der Waals surface area contributed by atoms with Gasteiger partial charge in [-0.2, -0.15) is 10.2 Å². The Kier molecular flexibility index (Phi) is 4.42.